The largest absolute Gasteiger partial charge is 0.481 e. The van der Waals surface area contributed by atoms with Crippen LogP contribution in [0.4, 0.5) is 5.69 Å². The Morgan fingerprint density at radius 3 is 2.71 bits per heavy atom. The van der Waals surface area contributed by atoms with Gasteiger partial charge in [-0.15, -0.1) is 0 Å². The van der Waals surface area contributed by atoms with Gasteiger partial charge in [-0.05, 0) is 55.1 Å². The fraction of sp³-hybridized carbons (Fsp3) is 0.520. The third-order valence-corrected chi connectivity index (χ3v) is 6.85. The molecule has 3 heteroatoms. The molecule has 4 rings (SSSR count). The standard InChI is InChI=1S/C25H31NO2/c1-16(2)24-22(20-8-5-6-10-23(20)26-24)15-17-11-13-18(14-12-17)19-7-3-4-9-21(19)25(27)28/h5-6,8,10-13,16,18-19,21-22H,3-4,7,9,14-15H2,1-2H3,(H,27,28). The van der Waals surface area contributed by atoms with E-state index in [1.165, 1.54) is 23.3 Å². The third kappa shape index (κ3) is 3.72. The molecule has 1 N–H and O–H groups in total. The van der Waals surface area contributed by atoms with Gasteiger partial charge >= 0.3 is 5.97 Å². The van der Waals surface area contributed by atoms with Crippen LogP contribution in [0.25, 0.3) is 0 Å². The van der Waals surface area contributed by atoms with Crippen molar-refractivity contribution in [3.05, 3.63) is 53.6 Å². The van der Waals surface area contributed by atoms with Crippen molar-refractivity contribution in [2.75, 3.05) is 0 Å². The summed E-state index contributed by atoms with van der Waals surface area (Å²) in [5.41, 5.74) is 5.13. The Bertz CT molecular complexity index is 833. The van der Waals surface area contributed by atoms with Crippen LogP contribution in [-0.4, -0.2) is 16.8 Å². The van der Waals surface area contributed by atoms with E-state index in [0.29, 0.717) is 23.7 Å². The highest BCUT2D eigenvalue weighted by molar-refractivity contribution is 5.99. The van der Waals surface area contributed by atoms with Crippen LogP contribution in [0.3, 0.4) is 0 Å². The van der Waals surface area contributed by atoms with E-state index in [4.69, 9.17) is 4.99 Å². The van der Waals surface area contributed by atoms with Crippen LogP contribution >= 0.6 is 0 Å². The van der Waals surface area contributed by atoms with E-state index in [1.807, 2.05) is 0 Å². The number of hydrogen-bond acceptors (Lipinski definition) is 2. The molecule has 1 fully saturated rings. The monoisotopic (exact) mass is 377 g/mol. The summed E-state index contributed by atoms with van der Waals surface area (Å²) in [5, 5.41) is 9.60. The molecule has 4 atom stereocenters. The maximum Gasteiger partial charge on any atom is 0.306 e. The number of carboxylic acid groups (broad SMARTS) is 1. The molecule has 2 aliphatic carbocycles. The predicted molar refractivity (Wildman–Crippen MR) is 114 cm³/mol. The van der Waals surface area contributed by atoms with Crippen LogP contribution in [0.2, 0.25) is 0 Å². The van der Waals surface area contributed by atoms with Crippen LogP contribution in [-0.2, 0) is 4.79 Å². The van der Waals surface area contributed by atoms with Gasteiger partial charge in [-0.2, -0.15) is 0 Å². The summed E-state index contributed by atoms with van der Waals surface area (Å²) in [4.78, 5) is 16.6. The normalized spacial score (nSPS) is 29.4. The molecular formula is C25H31NO2. The molecular weight excluding hydrogens is 346 g/mol. The van der Waals surface area contributed by atoms with Crippen LogP contribution < -0.4 is 0 Å². The van der Waals surface area contributed by atoms with Crippen LogP contribution in [0.1, 0.15) is 63.9 Å². The molecule has 1 aromatic rings. The van der Waals surface area contributed by atoms with Crippen molar-refractivity contribution in [2.24, 2.45) is 28.7 Å². The zero-order chi connectivity index (χ0) is 19.7. The Kier molecular flexibility index (Phi) is 5.52. The lowest BCUT2D eigenvalue weighted by molar-refractivity contribution is -0.145. The fourth-order valence-corrected chi connectivity index (χ4v) is 5.37. The van der Waals surface area contributed by atoms with E-state index >= 15 is 0 Å². The maximum absolute atomic E-state index is 11.7. The second-order valence-corrected chi connectivity index (χ2v) is 8.94. The minimum absolute atomic E-state index is 0.167. The number of carboxylic acids is 1. The molecule has 0 saturated heterocycles. The van der Waals surface area contributed by atoms with E-state index < -0.39 is 5.97 Å². The zero-order valence-electron chi connectivity index (χ0n) is 17.0. The molecule has 148 valence electrons. The second-order valence-electron chi connectivity index (χ2n) is 8.94. The van der Waals surface area contributed by atoms with Gasteiger partial charge in [0.15, 0.2) is 0 Å². The van der Waals surface area contributed by atoms with Crippen molar-refractivity contribution in [1.82, 2.24) is 0 Å². The number of nitrogens with zero attached hydrogens (tertiary/aromatic N) is 1. The molecule has 0 amide bonds. The number of fused-ring (bicyclic) bond motifs is 1. The number of para-hydroxylation sites is 1. The van der Waals surface area contributed by atoms with Crippen molar-refractivity contribution >= 4 is 17.4 Å². The molecule has 0 radical (unpaired) electrons. The molecule has 1 saturated carbocycles. The van der Waals surface area contributed by atoms with Crippen LogP contribution in [0.15, 0.2) is 53.1 Å². The fourth-order valence-electron chi connectivity index (χ4n) is 5.37. The van der Waals surface area contributed by atoms with Gasteiger partial charge in [0.1, 0.15) is 0 Å². The molecule has 0 bridgehead atoms. The molecule has 1 aromatic carbocycles. The minimum Gasteiger partial charge on any atom is -0.481 e. The second kappa shape index (κ2) is 8.06. The number of hydrogen-bond donors (Lipinski definition) is 1. The lowest BCUT2D eigenvalue weighted by Gasteiger charge is -2.34. The van der Waals surface area contributed by atoms with E-state index in [0.717, 1.165) is 37.8 Å². The van der Waals surface area contributed by atoms with Crippen molar-refractivity contribution in [3.63, 3.8) is 0 Å². The predicted octanol–water partition coefficient (Wildman–Crippen LogP) is 6.30. The molecule has 3 nitrogen and oxygen atoms in total. The Hall–Kier alpha value is -2.16. The lowest BCUT2D eigenvalue weighted by Crippen LogP contribution is -2.32. The van der Waals surface area contributed by atoms with Gasteiger partial charge in [0.2, 0.25) is 0 Å². The first-order chi connectivity index (χ1) is 13.5. The number of aliphatic carboxylic acids is 1. The average molecular weight is 378 g/mol. The van der Waals surface area contributed by atoms with Gasteiger partial charge in [-0.1, -0.05) is 68.7 Å². The number of carbonyl (C=O) groups is 1. The first-order valence-corrected chi connectivity index (χ1v) is 10.8. The highest BCUT2D eigenvalue weighted by Gasteiger charge is 2.36. The van der Waals surface area contributed by atoms with Crippen LogP contribution in [0, 0.1) is 23.7 Å². The Morgan fingerprint density at radius 1 is 1.21 bits per heavy atom. The SMILES string of the molecule is CC(C)C1=Nc2ccccc2C1CC1=CCC(C2CCCCC2C(=O)O)C=C1. The molecule has 28 heavy (non-hydrogen) atoms. The summed E-state index contributed by atoms with van der Waals surface area (Å²) in [6, 6.07) is 8.51. The maximum atomic E-state index is 11.7. The Labute approximate surface area is 168 Å². The van der Waals surface area contributed by atoms with Crippen molar-refractivity contribution in [1.29, 1.82) is 0 Å². The first-order valence-electron chi connectivity index (χ1n) is 10.8. The van der Waals surface area contributed by atoms with Crippen LogP contribution in [0.5, 0.6) is 0 Å². The van der Waals surface area contributed by atoms with E-state index in [9.17, 15) is 9.90 Å². The molecule has 0 spiro atoms. The first kappa shape index (κ1) is 19.2. The number of benzene rings is 1. The lowest BCUT2D eigenvalue weighted by atomic mass is 9.70. The van der Waals surface area contributed by atoms with Crippen molar-refractivity contribution in [3.8, 4) is 0 Å². The summed E-state index contributed by atoms with van der Waals surface area (Å²) in [7, 11) is 0. The highest BCUT2D eigenvalue weighted by Crippen LogP contribution is 2.43. The summed E-state index contributed by atoms with van der Waals surface area (Å²) < 4.78 is 0. The molecule has 4 unspecified atom stereocenters. The zero-order valence-corrected chi connectivity index (χ0v) is 17.0. The average Bonchev–Trinajstić information content (AvgIpc) is 3.07. The third-order valence-electron chi connectivity index (χ3n) is 6.85. The van der Waals surface area contributed by atoms with E-state index in [2.05, 4.69) is 56.3 Å². The van der Waals surface area contributed by atoms with Gasteiger partial charge in [-0.3, -0.25) is 9.79 Å². The highest BCUT2D eigenvalue weighted by atomic mass is 16.4. The van der Waals surface area contributed by atoms with E-state index in [-0.39, 0.29) is 5.92 Å². The van der Waals surface area contributed by atoms with Gasteiger partial charge < -0.3 is 5.11 Å². The smallest absolute Gasteiger partial charge is 0.306 e. The van der Waals surface area contributed by atoms with E-state index in [1.54, 1.807) is 0 Å². The Morgan fingerprint density at radius 2 is 2.00 bits per heavy atom. The summed E-state index contributed by atoms with van der Waals surface area (Å²) in [6.45, 7) is 4.46. The summed E-state index contributed by atoms with van der Waals surface area (Å²) in [6.07, 6.45) is 13.0. The minimum atomic E-state index is -0.603. The van der Waals surface area contributed by atoms with Gasteiger partial charge in [0.05, 0.1) is 11.6 Å². The van der Waals surface area contributed by atoms with Gasteiger partial charge in [0, 0.05) is 11.6 Å². The number of rotatable bonds is 5. The van der Waals surface area contributed by atoms with Crippen molar-refractivity contribution < 1.29 is 9.90 Å². The Balaban J connectivity index is 1.47. The topological polar surface area (TPSA) is 49.7 Å². The van der Waals surface area contributed by atoms with Gasteiger partial charge in [0.25, 0.3) is 0 Å². The summed E-state index contributed by atoms with van der Waals surface area (Å²) in [5.74, 6) is 0.703. The molecule has 3 aliphatic rings. The summed E-state index contributed by atoms with van der Waals surface area (Å²) >= 11 is 0. The molecule has 0 aromatic heterocycles. The van der Waals surface area contributed by atoms with Crippen molar-refractivity contribution in [2.45, 2.75) is 58.3 Å². The quantitative estimate of drug-likeness (QED) is 0.655. The number of aliphatic imine (C=N–C) groups is 1. The molecule has 1 heterocycles. The van der Waals surface area contributed by atoms with Gasteiger partial charge in [-0.25, -0.2) is 0 Å². The molecule has 1 aliphatic heterocycles. The number of allylic oxidation sites excluding steroid dienone is 4.